The Bertz CT molecular complexity index is 244. The van der Waals surface area contributed by atoms with E-state index in [2.05, 4.69) is 10.6 Å². The van der Waals surface area contributed by atoms with Crippen LogP contribution in [0.2, 0.25) is 0 Å². The normalized spacial score (nSPS) is 24.9. The smallest absolute Gasteiger partial charge is 0.332 e. The molecule has 0 aromatic carbocycles. The Kier molecular flexibility index (Phi) is 4.36. The van der Waals surface area contributed by atoms with Gasteiger partial charge in [0.15, 0.2) is 6.10 Å². The molecule has 0 bridgehead atoms. The number of hydrogen-bond donors (Lipinski definition) is 3. The van der Waals surface area contributed by atoms with Gasteiger partial charge in [0, 0.05) is 13.1 Å². The van der Waals surface area contributed by atoms with Crippen molar-refractivity contribution < 1.29 is 19.4 Å². The van der Waals surface area contributed by atoms with Crippen molar-refractivity contribution in [3.05, 3.63) is 0 Å². The molecule has 0 aliphatic carbocycles. The molecule has 1 aliphatic heterocycles. The van der Waals surface area contributed by atoms with Crippen molar-refractivity contribution in [1.29, 1.82) is 0 Å². The van der Waals surface area contributed by atoms with E-state index in [9.17, 15) is 9.59 Å². The molecule has 86 valence electrons. The molecule has 15 heavy (non-hydrogen) atoms. The number of ether oxygens (including phenoxy) is 1. The Labute approximate surface area is 88.0 Å². The van der Waals surface area contributed by atoms with Gasteiger partial charge >= 0.3 is 12.0 Å². The van der Waals surface area contributed by atoms with Crippen LogP contribution in [0, 0.1) is 0 Å². The average molecular weight is 216 g/mol. The summed E-state index contributed by atoms with van der Waals surface area (Å²) in [4.78, 5) is 21.6. The highest BCUT2D eigenvalue weighted by Gasteiger charge is 2.30. The Morgan fingerprint density at radius 1 is 1.40 bits per heavy atom. The van der Waals surface area contributed by atoms with Gasteiger partial charge < -0.3 is 20.5 Å². The number of carbonyl (C=O) groups is 2. The molecule has 0 saturated carbocycles. The molecule has 3 N–H and O–H groups in total. The Balaban J connectivity index is 2.19. The first kappa shape index (κ1) is 11.8. The SMILES string of the molecule is CCNC(=O)NCC1CCC(C(=O)O)O1. The minimum absolute atomic E-state index is 0.186. The predicted molar refractivity (Wildman–Crippen MR) is 52.6 cm³/mol. The fourth-order valence-electron chi connectivity index (χ4n) is 1.47. The van der Waals surface area contributed by atoms with Crippen LogP contribution in [-0.4, -0.2) is 42.4 Å². The topological polar surface area (TPSA) is 87.7 Å². The second-order valence-corrected chi connectivity index (χ2v) is 3.40. The number of carboxylic acid groups (broad SMARTS) is 1. The zero-order valence-corrected chi connectivity index (χ0v) is 8.66. The van der Waals surface area contributed by atoms with E-state index in [1.165, 1.54) is 0 Å². The molecule has 6 heteroatoms. The molecule has 2 amide bonds. The van der Waals surface area contributed by atoms with E-state index >= 15 is 0 Å². The number of carboxylic acids is 1. The van der Waals surface area contributed by atoms with E-state index in [1.807, 2.05) is 6.92 Å². The van der Waals surface area contributed by atoms with Crippen LogP contribution in [0.15, 0.2) is 0 Å². The average Bonchev–Trinajstić information content (AvgIpc) is 2.63. The third kappa shape index (κ3) is 3.75. The van der Waals surface area contributed by atoms with Gasteiger partial charge in [-0.1, -0.05) is 0 Å². The highest BCUT2D eigenvalue weighted by atomic mass is 16.5. The van der Waals surface area contributed by atoms with Crippen molar-refractivity contribution >= 4 is 12.0 Å². The molecule has 1 aliphatic rings. The van der Waals surface area contributed by atoms with Crippen LogP contribution in [0.1, 0.15) is 19.8 Å². The predicted octanol–water partition coefficient (Wildman–Crippen LogP) is -0.0623. The first-order valence-corrected chi connectivity index (χ1v) is 5.03. The highest BCUT2D eigenvalue weighted by Crippen LogP contribution is 2.18. The standard InChI is InChI=1S/C9H16N2O4/c1-2-10-9(14)11-5-6-3-4-7(15-6)8(12)13/h6-7H,2-5H2,1H3,(H,12,13)(H2,10,11,14). The number of nitrogens with one attached hydrogen (secondary N) is 2. The largest absolute Gasteiger partial charge is 0.479 e. The quantitative estimate of drug-likeness (QED) is 0.614. The van der Waals surface area contributed by atoms with Crippen LogP contribution in [0.25, 0.3) is 0 Å². The minimum Gasteiger partial charge on any atom is -0.479 e. The fourth-order valence-corrected chi connectivity index (χ4v) is 1.47. The lowest BCUT2D eigenvalue weighted by Gasteiger charge is -2.12. The van der Waals surface area contributed by atoms with E-state index in [1.54, 1.807) is 0 Å². The molecule has 2 unspecified atom stereocenters. The van der Waals surface area contributed by atoms with Gasteiger partial charge in [-0.15, -0.1) is 0 Å². The van der Waals surface area contributed by atoms with Gasteiger partial charge in [0.1, 0.15) is 0 Å². The van der Waals surface area contributed by atoms with Gasteiger partial charge in [-0.25, -0.2) is 9.59 Å². The summed E-state index contributed by atoms with van der Waals surface area (Å²) in [6, 6.07) is -0.250. The number of urea groups is 1. The van der Waals surface area contributed by atoms with E-state index in [0.717, 1.165) is 0 Å². The van der Waals surface area contributed by atoms with Crippen molar-refractivity contribution in [2.24, 2.45) is 0 Å². The van der Waals surface area contributed by atoms with Crippen LogP contribution >= 0.6 is 0 Å². The maximum absolute atomic E-state index is 11.0. The lowest BCUT2D eigenvalue weighted by molar-refractivity contribution is -0.149. The van der Waals surface area contributed by atoms with E-state index in [-0.39, 0.29) is 12.1 Å². The summed E-state index contributed by atoms with van der Waals surface area (Å²) < 4.78 is 5.21. The highest BCUT2D eigenvalue weighted by molar-refractivity contribution is 5.74. The summed E-state index contributed by atoms with van der Waals surface area (Å²) in [7, 11) is 0. The van der Waals surface area contributed by atoms with Gasteiger partial charge in [-0.2, -0.15) is 0 Å². The maximum Gasteiger partial charge on any atom is 0.332 e. The zero-order valence-electron chi connectivity index (χ0n) is 8.66. The number of hydrogen-bond acceptors (Lipinski definition) is 3. The summed E-state index contributed by atoms with van der Waals surface area (Å²) in [5.74, 6) is -0.935. The van der Waals surface area contributed by atoms with Crippen molar-refractivity contribution in [2.75, 3.05) is 13.1 Å². The molecule has 1 heterocycles. The fraction of sp³-hybridized carbons (Fsp3) is 0.778. The molecular formula is C9H16N2O4. The number of aliphatic carboxylic acids is 1. The summed E-state index contributed by atoms with van der Waals surface area (Å²) >= 11 is 0. The second kappa shape index (κ2) is 5.55. The summed E-state index contributed by atoms with van der Waals surface area (Å²) in [6.45, 7) is 2.75. The number of carbonyl (C=O) groups excluding carboxylic acids is 1. The minimum atomic E-state index is -0.935. The molecule has 6 nitrogen and oxygen atoms in total. The van der Waals surface area contributed by atoms with Gasteiger partial charge in [-0.05, 0) is 19.8 Å². The molecule has 1 saturated heterocycles. The monoisotopic (exact) mass is 216 g/mol. The van der Waals surface area contributed by atoms with E-state index < -0.39 is 12.1 Å². The third-order valence-corrected chi connectivity index (χ3v) is 2.21. The molecule has 0 radical (unpaired) electrons. The molecule has 0 aromatic heterocycles. The molecule has 1 rings (SSSR count). The summed E-state index contributed by atoms with van der Waals surface area (Å²) in [6.07, 6.45) is 0.278. The Morgan fingerprint density at radius 3 is 2.67 bits per heavy atom. The van der Waals surface area contributed by atoms with Gasteiger partial charge in [-0.3, -0.25) is 0 Å². The van der Waals surface area contributed by atoms with E-state index in [4.69, 9.17) is 9.84 Å². The first-order chi connectivity index (χ1) is 7.13. The molecular weight excluding hydrogens is 200 g/mol. The van der Waals surface area contributed by atoms with Crippen molar-refractivity contribution in [1.82, 2.24) is 10.6 Å². The van der Waals surface area contributed by atoms with Crippen LogP contribution in [-0.2, 0) is 9.53 Å². The molecule has 1 fully saturated rings. The molecule has 0 spiro atoms. The zero-order chi connectivity index (χ0) is 11.3. The number of rotatable bonds is 4. The van der Waals surface area contributed by atoms with Crippen LogP contribution in [0.4, 0.5) is 4.79 Å². The number of amides is 2. The van der Waals surface area contributed by atoms with Crippen LogP contribution < -0.4 is 10.6 Å². The van der Waals surface area contributed by atoms with Crippen LogP contribution in [0.5, 0.6) is 0 Å². The van der Waals surface area contributed by atoms with Crippen molar-refractivity contribution in [3.8, 4) is 0 Å². The van der Waals surface area contributed by atoms with Gasteiger partial charge in [0.2, 0.25) is 0 Å². The Hall–Kier alpha value is -1.30. The lowest BCUT2D eigenvalue weighted by atomic mass is 10.2. The Morgan fingerprint density at radius 2 is 2.13 bits per heavy atom. The van der Waals surface area contributed by atoms with E-state index in [0.29, 0.717) is 25.9 Å². The second-order valence-electron chi connectivity index (χ2n) is 3.40. The van der Waals surface area contributed by atoms with Gasteiger partial charge in [0.25, 0.3) is 0 Å². The summed E-state index contributed by atoms with van der Waals surface area (Å²) in [5.41, 5.74) is 0. The van der Waals surface area contributed by atoms with Gasteiger partial charge in [0.05, 0.1) is 6.10 Å². The van der Waals surface area contributed by atoms with Crippen molar-refractivity contribution in [2.45, 2.75) is 32.0 Å². The summed E-state index contributed by atoms with van der Waals surface area (Å²) in [5, 5.41) is 13.9. The first-order valence-electron chi connectivity index (χ1n) is 5.03. The maximum atomic E-state index is 11.0. The third-order valence-electron chi connectivity index (χ3n) is 2.21. The van der Waals surface area contributed by atoms with Crippen LogP contribution in [0.3, 0.4) is 0 Å². The van der Waals surface area contributed by atoms with Crippen molar-refractivity contribution in [3.63, 3.8) is 0 Å². The lowest BCUT2D eigenvalue weighted by Crippen LogP contribution is -2.39. The molecule has 0 aromatic rings. The molecule has 2 atom stereocenters.